The van der Waals surface area contributed by atoms with E-state index in [1.165, 1.54) is 12.8 Å². The average Bonchev–Trinajstić information content (AvgIpc) is 3.57. The fourth-order valence-corrected chi connectivity index (χ4v) is 3.99. The summed E-state index contributed by atoms with van der Waals surface area (Å²) in [7, 11) is 0. The number of amides is 2. The second kappa shape index (κ2) is 8.54. The van der Waals surface area contributed by atoms with Gasteiger partial charge in [-0.25, -0.2) is 0 Å². The smallest absolute Gasteiger partial charge is 0.226 e. The summed E-state index contributed by atoms with van der Waals surface area (Å²) >= 11 is 0. The lowest BCUT2D eigenvalue weighted by Gasteiger charge is -2.22. The van der Waals surface area contributed by atoms with E-state index in [0.717, 1.165) is 61.6 Å². The topological polar surface area (TPSA) is 49.9 Å². The van der Waals surface area contributed by atoms with Crippen LogP contribution in [0.25, 0.3) is 0 Å². The van der Waals surface area contributed by atoms with E-state index in [9.17, 15) is 9.59 Å². The maximum Gasteiger partial charge on any atom is 0.226 e. The Morgan fingerprint density at radius 3 is 2.75 bits per heavy atom. The van der Waals surface area contributed by atoms with E-state index < -0.39 is 0 Å². The number of rotatable bonds is 8. The zero-order chi connectivity index (χ0) is 19.5. The predicted octanol–water partition coefficient (Wildman–Crippen LogP) is 3.40. The largest absolute Gasteiger partial charge is 0.491 e. The van der Waals surface area contributed by atoms with Crippen LogP contribution in [0.2, 0.25) is 0 Å². The molecule has 2 amide bonds. The molecule has 28 heavy (non-hydrogen) atoms. The van der Waals surface area contributed by atoms with E-state index in [-0.39, 0.29) is 17.7 Å². The van der Waals surface area contributed by atoms with E-state index in [4.69, 9.17) is 4.74 Å². The van der Waals surface area contributed by atoms with Crippen molar-refractivity contribution in [2.24, 2.45) is 11.8 Å². The third-order valence-corrected chi connectivity index (χ3v) is 5.99. The normalized spacial score (nSPS) is 18.8. The molecular weight excluding hydrogens is 352 g/mol. The first-order valence-corrected chi connectivity index (χ1v) is 10.9. The monoisotopic (exact) mass is 384 g/mol. The number of fused-ring (bicyclic) bond motifs is 1. The van der Waals surface area contributed by atoms with Crippen LogP contribution in [0, 0.1) is 11.8 Å². The molecule has 0 bridgehead atoms. The second-order valence-corrected chi connectivity index (χ2v) is 8.61. The van der Waals surface area contributed by atoms with Crippen molar-refractivity contribution in [2.45, 2.75) is 58.4 Å². The Morgan fingerprint density at radius 2 is 2.04 bits per heavy atom. The van der Waals surface area contributed by atoms with Crippen molar-refractivity contribution in [3.63, 3.8) is 0 Å². The first kappa shape index (κ1) is 19.3. The standard InChI is InChI=1S/C23H32N2O3/c1-2-11-24(15-18-3-4-18)22(26)10-6-17-5-9-21-20(14-17)16-25(12-13-28-21)23(27)19-7-8-19/h5,9,14,18-19H,2-4,6-8,10-13,15-16H2,1H3. The number of benzene rings is 1. The highest BCUT2D eigenvalue weighted by atomic mass is 16.5. The molecule has 0 aromatic heterocycles. The van der Waals surface area contributed by atoms with Gasteiger partial charge in [-0.05, 0) is 56.1 Å². The number of hydrogen-bond acceptors (Lipinski definition) is 3. The fraction of sp³-hybridized carbons (Fsp3) is 0.652. The highest BCUT2D eigenvalue weighted by Gasteiger charge is 2.34. The Morgan fingerprint density at radius 1 is 1.21 bits per heavy atom. The summed E-state index contributed by atoms with van der Waals surface area (Å²) in [6, 6.07) is 6.20. The molecule has 0 atom stereocenters. The first-order valence-electron chi connectivity index (χ1n) is 10.9. The minimum absolute atomic E-state index is 0.235. The Hall–Kier alpha value is -2.04. The second-order valence-electron chi connectivity index (χ2n) is 8.61. The molecule has 0 radical (unpaired) electrons. The van der Waals surface area contributed by atoms with Gasteiger partial charge in [-0.2, -0.15) is 0 Å². The maximum absolute atomic E-state index is 12.7. The van der Waals surface area contributed by atoms with Crippen molar-refractivity contribution < 1.29 is 14.3 Å². The maximum atomic E-state index is 12.7. The predicted molar refractivity (Wildman–Crippen MR) is 108 cm³/mol. The lowest BCUT2D eigenvalue weighted by Crippen LogP contribution is -2.33. The molecule has 5 nitrogen and oxygen atoms in total. The summed E-state index contributed by atoms with van der Waals surface area (Å²) in [6.45, 7) is 5.76. The van der Waals surface area contributed by atoms with Crippen LogP contribution in [0.3, 0.4) is 0 Å². The molecule has 1 aromatic rings. The van der Waals surface area contributed by atoms with E-state index in [1.807, 2.05) is 11.0 Å². The summed E-state index contributed by atoms with van der Waals surface area (Å²) in [4.78, 5) is 29.2. The number of nitrogens with zero attached hydrogens (tertiary/aromatic N) is 2. The molecule has 5 heteroatoms. The Balaban J connectivity index is 1.37. The van der Waals surface area contributed by atoms with Gasteiger partial charge in [0.2, 0.25) is 11.8 Å². The molecule has 2 fully saturated rings. The minimum Gasteiger partial charge on any atom is -0.491 e. The molecule has 4 rings (SSSR count). The van der Waals surface area contributed by atoms with Crippen molar-refractivity contribution >= 4 is 11.8 Å². The number of aryl methyl sites for hydroxylation is 1. The van der Waals surface area contributed by atoms with Crippen molar-refractivity contribution in [3.05, 3.63) is 29.3 Å². The number of ether oxygens (including phenoxy) is 1. The van der Waals surface area contributed by atoms with Gasteiger partial charge < -0.3 is 14.5 Å². The zero-order valence-electron chi connectivity index (χ0n) is 17.0. The summed E-state index contributed by atoms with van der Waals surface area (Å²) in [5, 5.41) is 0. The zero-order valence-corrected chi connectivity index (χ0v) is 17.0. The van der Waals surface area contributed by atoms with Gasteiger partial charge in [0.1, 0.15) is 12.4 Å². The fourth-order valence-electron chi connectivity index (χ4n) is 3.99. The molecule has 0 unspecified atom stereocenters. The van der Waals surface area contributed by atoms with Crippen LogP contribution in [0.5, 0.6) is 5.75 Å². The lowest BCUT2D eigenvalue weighted by molar-refractivity contribution is -0.133. The molecule has 0 spiro atoms. The Bertz CT molecular complexity index is 725. The van der Waals surface area contributed by atoms with Gasteiger partial charge in [0.25, 0.3) is 0 Å². The van der Waals surface area contributed by atoms with Gasteiger partial charge in [-0.15, -0.1) is 0 Å². The number of hydrogen-bond donors (Lipinski definition) is 0. The molecule has 0 N–H and O–H groups in total. The average molecular weight is 385 g/mol. The van der Waals surface area contributed by atoms with E-state index in [0.29, 0.717) is 26.1 Å². The third-order valence-electron chi connectivity index (χ3n) is 5.99. The SMILES string of the molecule is CCCN(CC1CC1)C(=O)CCc1ccc2c(c1)CN(C(=O)C1CC1)CCO2. The van der Waals surface area contributed by atoms with Crippen LogP contribution < -0.4 is 4.74 Å². The first-order chi connectivity index (χ1) is 13.6. The van der Waals surface area contributed by atoms with Gasteiger partial charge in [0, 0.05) is 37.5 Å². The van der Waals surface area contributed by atoms with E-state index >= 15 is 0 Å². The number of carbonyl (C=O) groups is 2. The molecule has 2 saturated carbocycles. The van der Waals surface area contributed by atoms with Gasteiger partial charge in [-0.3, -0.25) is 9.59 Å². The van der Waals surface area contributed by atoms with Crippen LogP contribution in [0.15, 0.2) is 18.2 Å². The van der Waals surface area contributed by atoms with Crippen molar-refractivity contribution in [2.75, 3.05) is 26.2 Å². The molecule has 1 aromatic carbocycles. The summed E-state index contributed by atoms with van der Waals surface area (Å²) in [6.07, 6.45) is 6.91. The van der Waals surface area contributed by atoms with Crippen molar-refractivity contribution in [1.82, 2.24) is 9.80 Å². The minimum atomic E-state index is 0.235. The van der Waals surface area contributed by atoms with Crippen LogP contribution in [-0.4, -0.2) is 47.9 Å². The Kier molecular flexibility index (Phi) is 5.88. The summed E-state index contributed by atoms with van der Waals surface area (Å²) in [5.74, 6) is 2.38. The number of carbonyl (C=O) groups excluding carboxylic acids is 2. The summed E-state index contributed by atoms with van der Waals surface area (Å²) < 4.78 is 5.86. The summed E-state index contributed by atoms with van der Waals surface area (Å²) in [5.41, 5.74) is 2.22. The molecule has 0 saturated heterocycles. The Labute approximate surface area is 168 Å². The molecule has 2 aliphatic carbocycles. The van der Waals surface area contributed by atoms with E-state index in [2.05, 4.69) is 24.0 Å². The van der Waals surface area contributed by atoms with Gasteiger partial charge in [-0.1, -0.05) is 19.1 Å². The molecule has 1 aliphatic heterocycles. The van der Waals surface area contributed by atoms with Crippen LogP contribution in [-0.2, 0) is 22.6 Å². The highest BCUT2D eigenvalue weighted by Crippen LogP contribution is 2.33. The quantitative estimate of drug-likeness (QED) is 0.690. The van der Waals surface area contributed by atoms with Gasteiger partial charge in [0.05, 0.1) is 6.54 Å². The van der Waals surface area contributed by atoms with Gasteiger partial charge >= 0.3 is 0 Å². The van der Waals surface area contributed by atoms with Crippen LogP contribution >= 0.6 is 0 Å². The third kappa shape index (κ3) is 4.86. The van der Waals surface area contributed by atoms with Gasteiger partial charge in [0.15, 0.2) is 0 Å². The lowest BCUT2D eigenvalue weighted by atomic mass is 10.0. The van der Waals surface area contributed by atoms with Crippen LogP contribution in [0.4, 0.5) is 0 Å². The molecule has 1 heterocycles. The molecular formula is C23H32N2O3. The highest BCUT2D eigenvalue weighted by molar-refractivity contribution is 5.81. The van der Waals surface area contributed by atoms with E-state index in [1.54, 1.807) is 0 Å². The van der Waals surface area contributed by atoms with Crippen molar-refractivity contribution in [3.8, 4) is 5.75 Å². The van der Waals surface area contributed by atoms with Crippen molar-refractivity contribution in [1.29, 1.82) is 0 Å². The molecule has 3 aliphatic rings. The molecule has 152 valence electrons. The van der Waals surface area contributed by atoms with Crippen LogP contribution in [0.1, 0.15) is 56.6 Å².